The lowest BCUT2D eigenvalue weighted by atomic mass is 10.0. The number of benzene rings is 1. The smallest absolute Gasteiger partial charge is 0.191 e. The number of halogens is 1. The molecular formula is C19H34IN3O2. The van der Waals surface area contributed by atoms with Crippen LogP contribution in [0, 0.1) is 13.8 Å². The molecule has 0 aromatic heterocycles. The van der Waals surface area contributed by atoms with Crippen LogP contribution >= 0.6 is 24.0 Å². The molecule has 0 bridgehead atoms. The first kappa shape index (κ1) is 24.1. The van der Waals surface area contributed by atoms with Crippen molar-refractivity contribution in [2.24, 2.45) is 4.99 Å². The molecule has 144 valence electrons. The number of guanidine groups is 1. The van der Waals surface area contributed by atoms with Crippen LogP contribution in [-0.4, -0.2) is 52.5 Å². The van der Waals surface area contributed by atoms with Gasteiger partial charge in [0.2, 0.25) is 0 Å². The molecule has 0 fully saturated rings. The third-order valence-corrected chi connectivity index (χ3v) is 3.68. The molecule has 6 heteroatoms. The Bertz CT molecular complexity index is 496. The van der Waals surface area contributed by atoms with E-state index < -0.39 is 0 Å². The first-order valence-corrected chi connectivity index (χ1v) is 8.82. The Hall–Kier alpha value is -0.860. The average molecular weight is 463 g/mol. The second-order valence-electron chi connectivity index (χ2n) is 5.83. The lowest BCUT2D eigenvalue weighted by Gasteiger charge is -2.12. The molecule has 0 radical (unpaired) electrons. The van der Waals surface area contributed by atoms with Crippen LogP contribution in [-0.2, 0) is 15.9 Å². The summed E-state index contributed by atoms with van der Waals surface area (Å²) in [5.41, 5.74) is 4.05. The summed E-state index contributed by atoms with van der Waals surface area (Å²) in [5, 5.41) is 6.68. The van der Waals surface area contributed by atoms with E-state index in [0.29, 0.717) is 13.2 Å². The van der Waals surface area contributed by atoms with Crippen molar-refractivity contribution in [3.05, 3.63) is 34.9 Å². The number of aryl methyl sites for hydroxylation is 2. The number of aliphatic imine (C=N–C) groups is 1. The number of hydrogen-bond donors (Lipinski definition) is 2. The van der Waals surface area contributed by atoms with Gasteiger partial charge >= 0.3 is 0 Å². The third-order valence-electron chi connectivity index (χ3n) is 3.68. The minimum absolute atomic E-state index is 0. The summed E-state index contributed by atoms with van der Waals surface area (Å²) < 4.78 is 10.4. The lowest BCUT2D eigenvalue weighted by molar-refractivity contribution is 0.0702. The van der Waals surface area contributed by atoms with Crippen molar-refractivity contribution in [1.29, 1.82) is 0 Å². The molecule has 1 aromatic rings. The van der Waals surface area contributed by atoms with E-state index in [4.69, 9.17) is 9.47 Å². The van der Waals surface area contributed by atoms with Crippen LogP contribution in [0.4, 0.5) is 0 Å². The van der Waals surface area contributed by atoms with Crippen molar-refractivity contribution in [2.75, 3.05) is 46.6 Å². The van der Waals surface area contributed by atoms with Gasteiger partial charge in [-0.05, 0) is 44.7 Å². The lowest BCUT2D eigenvalue weighted by Crippen LogP contribution is -2.38. The van der Waals surface area contributed by atoms with Crippen LogP contribution in [0.15, 0.2) is 23.2 Å². The van der Waals surface area contributed by atoms with Crippen LogP contribution < -0.4 is 10.6 Å². The van der Waals surface area contributed by atoms with Crippen molar-refractivity contribution in [3.8, 4) is 0 Å². The van der Waals surface area contributed by atoms with Gasteiger partial charge < -0.3 is 20.1 Å². The molecular weight excluding hydrogens is 429 g/mol. The van der Waals surface area contributed by atoms with Gasteiger partial charge in [0.15, 0.2) is 5.96 Å². The molecule has 0 aliphatic rings. The van der Waals surface area contributed by atoms with Gasteiger partial charge in [0.1, 0.15) is 0 Å². The van der Waals surface area contributed by atoms with Gasteiger partial charge in [0, 0.05) is 33.4 Å². The average Bonchev–Trinajstić information content (AvgIpc) is 2.56. The van der Waals surface area contributed by atoms with E-state index in [1.54, 1.807) is 7.11 Å². The van der Waals surface area contributed by atoms with Crippen molar-refractivity contribution in [3.63, 3.8) is 0 Å². The van der Waals surface area contributed by atoms with Gasteiger partial charge in [-0.1, -0.05) is 23.8 Å². The summed E-state index contributed by atoms with van der Waals surface area (Å²) in [4.78, 5) is 4.58. The highest BCUT2D eigenvalue weighted by molar-refractivity contribution is 14.0. The maximum atomic E-state index is 5.44. The van der Waals surface area contributed by atoms with Gasteiger partial charge in [-0.25, -0.2) is 0 Å². The number of hydrogen-bond acceptors (Lipinski definition) is 3. The Morgan fingerprint density at radius 2 is 1.92 bits per heavy atom. The molecule has 1 rings (SSSR count). The minimum atomic E-state index is 0. The fourth-order valence-corrected chi connectivity index (χ4v) is 2.39. The van der Waals surface area contributed by atoms with Crippen LogP contribution in [0.25, 0.3) is 0 Å². The summed E-state index contributed by atoms with van der Waals surface area (Å²) in [5.74, 6) is 0.874. The zero-order valence-electron chi connectivity index (χ0n) is 16.1. The van der Waals surface area contributed by atoms with Gasteiger partial charge in [0.05, 0.1) is 13.2 Å². The maximum Gasteiger partial charge on any atom is 0.191 e. The molecule has 0 atom stereocenters. The van der Waals surface area contributed by atoms with E-state index in [-0.39, 0.29) is 24.0 Å². The largest absolute Gasteiger partial charge is 0.382 e. The third kappa shape index (κ3) is 11.4. The molecule has 5 nitrogen and oxygen atoms in total. The molecule has 0 saturated carbocycles. The summed E-state index contributed by atoms with van der Waals surface area (Å²) in [7, 11) is 1.68. The molecule has 0 aliphatic heterocycles. The molecule has 0 amide bonds. The monoisotopic (exact) mass is 463 g/mol. The van der Waals surface area contributed by atoms with E-state index >= 15 is 0 Å². The first-order chi connectivity index (χ1) is 11.7. The van der Waals surface area contributed by atoms with Gasteiger partial charge in [-0.3, -0.25) is 4.99 Å². The first-order valence-electron chi connectivity index (χ1n) is 8.82. The highest BCUT2D eigenvalue weighted by Crippen LogP contribution is 2.10. The van der Waals surface area contributed by atoms with E-state index in [1.807, 2.05) is 0 Å². The van der Waals surface area contributed by atoms with Gasteiger partial charge in [-0.2, -0.15) is 0 Å². The van der Waals surface area contributed by atoms with Crippen molar-refractivity contribution in [2.45, 2.75) is 33.6 Å². The molecule has 2 N–H and O–H groups in total. The van der Waals surface area contributed by atoms with Crippen molar-refractivity contribution >= 4 is 29.9 Å². The summed E-state index contributed by atoms with van der Waals surface area (Å²) in [6.07, 6.45) is 1.91. The number of ether oxygens (including phenoxy) is 2. The predicted octanol–water partition coefficient (Wildman–Crippen LogP) is 3.07. The van der Waals surface area contributed by atoms with Crippen LogP contribution in [0.1, 0.15) is 30.0 Å². The quantitative estimate of drug-likeness (QED) is 0.229. The van der Waals surface area contributed by atoms with E-state index in [0.717, 1.165) is 45.0 Å². The van der Waals surface area contributed by atoms with E-state index in [9.17, 15) is 0 Å². The Morgan fingerprint density at radius 3 is 2.60 bits per heavy atom. The Kier molecular flexibility index (Phi) is 14.9. The molecule has 0 unspecified atom stereocenters. The highest BCUT2D eigenvalue weighted by atomic mass is 127. The van der Waals surface area contributed by atoms with Gasteiger partial charge in [-0.15, -0.1) is 24.0 Å². The minimum Gasteiger partial charge on any atom is -0.382 e. The summed E-state index contributed by atoms with van der Waals surface area (Å²) in [6.45, 7) is 10.9. The Balaban J connectivity index is 0.00000576. The van der Waals surface area contributed by atoms with Gasteiger partial charge in [0.25, 0.3) is 0 Å². The Morgan fingerprint density at radius 1 is 1.12 bits per heavy atom. The van der Waals surface area contributed by atoms with Crippen LogP contribution in [0.5, 0.6) is 0 Å². The zero-order valence-corrected chi connectivity index (χ0v) is 18.4. The Labute approximate surface area is 170 Å². The molecule has 0 aliphatic carbocycles. The second-order valence-corrected chi connectivity index (χ2v) is 5.83. The van der Waals surface area contributed by atoms with Crippen LogP contribution in [0.2, 0.25) is 0 Å². The standard InChI is InChI=1S/C19H33N3O2.HI/c1-5-20-19(21-10-6-12-24-14-13-23-4)22-11-9-18-8-7-16(2)15-17(18)3;/h7-8,15H,5-6,9-14H2,1-4H3,(H2,20,21,22);1H. The fraction of sp³-hybridized carbons (Fsp3) is 0.632. The van der Waals surface area contributed by atoms with Crippen LogP contribution in [0.3, 0.4) is 0 Å². The number of rotatable bonds is 11. The van der Waals surface area contributed by atoms with Crippen molar-refractivity contribution < 1.29 is 9.47 Å². The number of methoxy groups -OCH3 is 1. The fourth-order valence-electron chi connectivity index (χ4n) is 2.39. The van der Waals surface area contributed by atoms with Crippen molar-refractivity contribution in [1.82, 2.24) is 10.6 Å². The normalized spacial score (nSPS) is 11.1. The summed E-state index contributed by atoms with van der Waals surface area (Å²) >= 11 is 0. The second kappa shape index (κ2) is 15.4. The topological polar surface area (TPSA) is 54.9 Å². The molecule has 0 saturated heterocycles. The molecule has 1 aromatic carbocycles. The maximum absolute atomic E-state index is 5.44. The SMILES string of the molecule is CCNC(=NCCCOCCOC)NCCc1ccc(C)cc1C.I. The summed E-state index contributed by atoms with van der Waals surface area (Å²) in [6, 6.07) is 6.62. The molecule has 25 heavy (non-hydrogen) atoms. The molecule has 0 spiro atoms. The highest BCUT2D eigenvalue weighted by Gasteiger charge is 2.01. The molecule has 0 heterocycles. The number of nitrogens with zero attached hydrogens (tertiary/aromatic N) is 1. The number of nitrogens with one attached hydrogen (secondary N) is 2. The predicted molar refractivity (Wildman–Crippen MR) is 116 cm³/mol. The van der Waals surface area contributed by atoms with E-state index in [2.05, 4.69) is 54.6 Å². The zero-order chi connectivity index (χ0) is 17.6. The van der Waals surface area contributed by atoms with E-state index in [1.165, 1.54) is 16.7 Å².